The lowest BCUT2D eigenvalue weighted by atomic mass is 9.96. The van der Waals surface area contributed by atoms with Crippen LogP contribution in [0.25, 0.3) is 0 Å². The molecule has 2 aromatic heterocycles. The minimum atomic E-state index is 0.0872. The first kappa shape index (κ1) is 15.9. The molecule has 3 rings (SSSR count). The van der Waals surface area contributed by atoms with Gasteiger partial charge in [0.25, 0.3) is 5.56 Å². The lowest BCUT2D eigenvalue weighted by Gasteiger charge is -2.31. The topological polar surface area (TPSA) is 77.1 Å². The molecule has 1 saturated heterocycles. The van der Waals surface area contributed by atoms with E-state index < -0.39 is 0 Å². The predicted octanol–water partition coefficient (Wildman–Crippen LogP) is 1.46. The molecule has 0 saturated carbocycles. The fourth-order valence-corrected chi connectivity index (χ4v) is 3.02. The van der Waals surface area contributed by atoms with Crippen molar-refractivity contribution in [2.75, 3.05) is 13.1 Å². The molecular weight excluding hydrogens is 294 g/mol. The Morgan fingerprint density at radius 3 is 2.57 bits per heavy atom. The Balaban J connectivity index is 1.56. The Kier molecular flexibility index (Phi) is 4.56. The van der Waals surface area contributed by atoms with Gasteiger partial charge in [0.05, 0.1) is 6.33 Å². The Morgan fingerprint density at radius 2 is 1.91 bits per heavy atom. The molecule has 0 unspecified atom stereocenters. The zero-order valence-electron chi connectivity index (χ0n) is 13.9. The molecule has 7 heteroatoms. The van der Waals surface area contributed by atoms with Gasteiger partial charge < -0.3 is 0 Å². The molecule has 0 bridgehead atoms. The standard InChI is InChI=1S/C16H23N5O2/c1-11-12(2)17-10-21(16(11)22)8-14-4-6-20(7-5-14)9-15-13(3)18-23-19-15/h10,14H,4-9H2,1-3H3. The fraction of sp³-hybridized carbons (Fsp3) is 0.625. The Labute approximate surface area is 135 Å². The minimum absolute atomic E-state index is 0.0872. The zero-order valence-corrected chi connectivity index (χ0v) is 13.9. The number of aromatic nitrogens is 4. The van der Waals surface area contributed by atoms with E-state index in [1.165, 1.54) is 0 Å². The van der Waals surface area contributed by atoms with E-state index in [0.29, 0.717) is 5.92 Å². The van der Waals surface area contributed by atoms with Crippen molar-refractivity contribution in [3.8, 4) is 0 Å². The van der Waals surface area contributed by atoms with Gasteiger partial charge in [-0.25, -0.2) is 9.61 Å². The number of nitrogens with zero attached hydrogens (tertiary/aromatic N) is 5. The van der Waals surface area contributed by atoms with Crippen molar-refractivity contribution in [1.82, 2.24) is 24.8 Å². The molecule has 0 aromatic carbocycles. The average Bonchev–Trinajstić information content (AvgIpc) is 2.95. The fourth-order valence-electron chi connectivity index (χ4n) is 3.02. The van der Waals surface area contributed by atoms with Gasteiger partial charge in [-0.15, -0.1) is 0 Å². The third kappa shape index (κ3) is 3.50. The van der Waals surface area contributed by atoms with E-state index >= 15 is 0 Å². The van der Waals surface area contributed by atoms with Gasteiger partial charge in [-0.1, -0.05) is 10.3 Å². The number of piperidine rings is 1. The molecule has 0 radical (unpaired) electrons. The van der Waals surface area contributed by atoms with Crippen molar-refractivity contribution in [3.05, 3.63) is 39.3 Å². The maximum atomic E-state index is 12.3. The minimum Gasteiger partial charge on any atom is -0.299 e. The summed E-state index contributed by atoms with van der Waals surface area (Å²) < 4.78 is 6.51. The van der Waals surface area contributed by atoms with E-state index in [-0.39, 0.29) is 5.56 Å². The van der Waals surface area contributed by atoms with Crippen LogP contribution in [-0.4, -0.2) is 37.9 Å². The summed E-state index contributed by atoms with van der Waals surface area (Å²) in [7, 11) is 0. The van der Waals surface area contributed by atoms with Crippen LogP contribution >= 0.6 is 0 Å². The third-order valence-electron chi connectivity index (χ3n) is 4.80. The molecule has 0 amide bonds. The highest BCUT2D eigenvalue weighted by Gasteiger charge is 2.21. The number of hydrogen-bond donors (Lipinski definition) is 0. The number of likely N-dealkylation sites (tertiary alicyclic amines) is 1. The lowest BCUT2D eigenvalue weighted by molar-refractivity contribution is 0.162. The molecule has 0 aliphatic carbocycles. The second-order valence-corrected chi connectivity index (χ2v) is 6.43. The van der Waals surface area contributed by atoms with Crippen LogP contribution in [0.1, 0.15) is 35.5 Å². The number of rotatable bonds is 4. The van der Waals surface area contributed by atoms with E-state index in [9.17, 15) is 4.79 Å². The molecule has 0 atom stereocenters. The molecular formula is C16H23N5O2. The van der Waals surface area contributed by atoms with Crippen LogP contribution in [0.15, 0.2) is 15.8 Å². The highest BCUT2D eigenvalue weighted by molar-refractivity contribution is 5.12. The summed E-state index contributed by atoms with van der Waals surface area (Å²) in [6.45, 7) is 9.18. The average molecular weight is 317 g/mol. The summed E-state index contributed by atoms with van der Waals surface area (Å²) in [5, 5.41) is 7.76. The third-order valence-corrected chi connectivity index (χ3v) is 4.80. The van der Waals surface area contributed by atoms with Crippen LogP contribution in [-0.2, 0) is 13.1 Å². The second-order valence-electron chi connectivity index (χ2n) is 6.43. The largest absolute Gasteiger partial charge is 0.299 e. The lowest BCUT2D eigenvalue weighted by Crippen LogP contribution is -2.36. The summed E-state index contributed by atoms with van der Waals surface area (Å²) in [5.74, 6) is 0.518. The number of hydrogen-bond acceptors (Lipinski definition) is 6. The highest BCUT2D eigenvalue weighted by atomic mass is 16.6. The van der Waals surface area contributed by atoms with Crippen LogP contribution in [0.3, 0.4) is 0 Å². The van der Waals surface area contributed by atoms with Crippen LogP contribution in [0.4, 0.5) is 0 Å². The summed E-state index contributed by atoms with van der Waals surface area (Å²) in [5.41, 5.74) is 3.43. The Bertz CT molecular complexity index is 728. The Hall–Kier alpha value is -2.02. The summed E-state index contributed by atoms with van der Waals surface area (Å²) >= 11 is 0. The summed E-state index contributed by atoms with van der Waals surface area (Å²) in [4.78, 5) is 18.9. The van der Waals surface area contributed by atoms with E-state index in [1.54, 1.807) is 10.9 Å². The van der Waals surface area contributed by atoms with Gasteiger partial charge in [0, 0.05) is 24.3 Å². The van der Waals surface area contributed by atoms with Crippen LogP contribution in [0, 0.1) is 26.7 Å². The molecule has 0 N–H and O–H groups in total. The molecule has 1 aliphatic heterocycles. The SMILES string of the molecule is Cc1nonc1CN1CCC(Cn2cnc(C)c(C)c2=O)CC1. The van der Waals surface area contributed by atoms with Crippen molar-refractivity contribution in [2.24, 2.45) is 5.92 Å². The highest BCUT2D eigenvalue weighted by Crippen LogP contribution is 2.20. The van der Waals surface area contributed by atoms with E-state index in [0.717, 1.165) is 61.7 Å². The van der Waals surface area contributed by atoms with Crippen LogP contribution in [0.2, 0.25) is 0 Å². The smallest absolute Gasteiger partial charge is 0.256 e. The maximum Gasteiger partial charge on any atom is 0.256 e. The number of aryl methyl sites for hydroxylation is 2. The molecule has 23 heavy (non-hydrogen) atoms. The molecule has 1 aliphatic rings. The normalized spacial score (nSPS) is 16.8. The monoisotopic (exact) mass is 317 g/mol. The van der Waals surface area contributed by atoms with Crippen LogP contribution in [0.5, 0.6) is 0 Å². The first-order valence-corrected chi connectivity index (χ1v) is 8.07. The van der Waals surface area contributed by atoms with Gasteiger partial charge in [-0.05, 0) is 52.6 Å². The molecule has 1 fully saturated rings. The van der Waals surface area contributed by atoms with Gasteiger partial charge in [-0.2, -0.15) is 0 Å². The van der Waals surface area contributed by atoms with Crippen molar-refractivity contribution in [3.63, 3.8) is 0 Å². The molecule has 0 spiro atoms. The van der Waals surface area contributed by atoms with Crippen molar-refractivity contribution < 1.29 is 4.63 Å². The van der Waals surface area contributed by atoms with E-state index in [1.807, 2.05) is 20.8 Å². The van der Waals surface area contributed by atoms with Gasteiger partial charge in [-0.3, -0.25) is 14.3 Å². The molecule has 7 nitrogen and oxygen atoms in total. The van der Waals surface area contributed by atoms with Crippen LogP contribution < -0.4 is 5.56 Å². The first-order chi connectivity index (χ1) is 11.0. The van der Waals surface area contributed by atoms with Crippen molar-refractivity contribution in [2.45, 2.75) is 46.7 Å². The van der Waals surface area contributed by atoms with Gasteiger partial charge in [0.15, 0.2) is 0 Å². The van der Waals surface area contributed by atoms with Gasteiger partial charge >= 0.3 is 0 Å². The Morgan fingerprint density at radius 1 is 1.17 bits per heavy atom. The quantitative estimate of drug-likeness (QED) is 0.850. The van der Waals surface area contributed by atoms with Crippen molar-refractivity contribution >= 4 is 0 Å². The van der Waals surface area contributed by atoms with Gasteiger partial charge in [0.2, 0.25) is 0 Å². The molecule has 3 heterocycles. The zero-order chi connectivity index (χ0) is 16.4. The predicted molar refractivity (Wildman–Crippen MR) is 85.0 cm³/mol. The van der Waals surface area contributed by atoms with E-state index in [4.69, 9.17) is 4.63 Å². The molecule has 2 aromatic rings. The summed E-state index contributed by atoms with van der Waals surface area (Å²) in [6.07, 6.45) is 3.83. The summed E-state index contributed by atoms with van der Waals surface area (Å²) in [6, 6.07) is 0. The first-order valence-electron chi connectivity index (χ1n) is 8.07. The molecule has 124 valence electrons. The van der Waals surface area contributed by atoms with Gasteiger partial charge in [0.1, 0.15) is 11.4 Å². The second kappa shape index (κ2) is 6.62. The van der Waals surface area contributed by atoms with Crippen molar-refractivity contribution in [1.29, 1.82) is 0 Å². The van der Waals surface area contributed by atoms with E-state index in [2.05, 4.69) is 20.2 Å². The maximum absolute atomic E-state index is 12.3.